The van der Waals surface area contributed by atoms with Crippen molar-refractivity contribution in [2.75, 3.05) is 4.72 Å². The van der Waals surface area contributed by atoms with Crippen molar-refractivity contribution in [2.45, 2.75) is 17.9 Å². The largest absolute Gasteiger partial charge is 0.324 e. The molecule has 2 rings (SSSR count). The second kappa shape index (κ2) is 5.79. The molecule has 7 heteroatoms. The highest BCUT2D eigenvalue weighted by Gasteiger charge is 2.18. The Morgan fingerprint density at radius 3 is 2.29 bits per heavy atom. The van der Waals surface area contributed by atoms with Gasteiger partial charge < -0.3 is 5.73 Å². The molecule has 0 aromatic heterocycles. The van der Waals surface area contributed by atoms with Crippen LogP contribution in [0.5, 0.6) is 0 Å². The first-order valence-corrected chi connectivity index (χ1v) is 7.62. The van der Waals surface area contributed by atoms with Crippen LogP contribution in [0, 0.1) is 11.6 Å². The van der Waals surface area contributed by atoms with E-state index >= 15 is 0 Å². The molecule has 0 amide bonds. The molecule has 0 heterocycles. The number of sulfonamides is 1. The van der Waals surface area contributed by atoms with Crippen LogP contribution in [0.2, 0.25) is 0 Å². The zero-order valence-electron chi connectivity index (χ0n) is 11.2. The molecule has 0 aliphatic heterocycles. The minimum Gasteiger partial charge on any atom is -0.324 e. The smallest absolute Gasteiger partial charge is 0.261 e. The van der Waals surface area contributed by atoms with Gasteiger partial charge in [-0.3, -0.25) is 4.72 Å². The van der Waals surface area contributed by atoms with Gasteiger partial charge in [-0.05, 0) is 36.8 Å². The first-order chi connectivity index (χ1) is 9.81. The summed E-state index contributed by atoms with van der Waals surface area (Å²) in [5.41, 5.74) is 6.01. The number of rotatable bonds is 4. The van der Waals surface area contributed by atoms with Crippen LogP contribution in [-0.2, 0) is 10.0 Å². The van der Waals surface area contributed by atoms with E-state index in [0.29, 0.717) is 0 Å². The van der Waals surface area contributed by atoms with Crippen molar-refractivity contribution < 1.29 is 17.2 Å². The van der Waals surface area contributed by atoms with Gasteiger partial charge in [-0.15, -0.1) is 0 Å². The van der Waals surface area contributed by atoms with E-state index in [2.05, 4.69) is 0 Å². The number of hydrogen-bond acceptors (Lipinski definition) is 3. The first-order valence-electron chi connectivity index (χ1n) is 6.13. The number of halogens is 2. The molecule has 4 nitrogen and oxygen atoms in total. The van der Waals surface area contributed by atoms with Gasteiger partial charge in [-0.1, -0.05) is 18.2 Å². The standard InChI is InChI=1S/C14H14F2N2O2S/c1-9(17)10-5-7-11(8-6-10)21(19,20)18-13-4-2-3-12(15)14(13)16/h2-9,18H,17H2,1H3. The molecule has 1 atom stereocenters. The van der Waals surface area contributed by atoms with Gasteiger partial charge in [-0.25, -0.2) is 17.2 Å². The fraction of sp³-hybridized carbons (Fsp3) is 0.143. The topological polar surface area (TPSA) is 72.2 Å². The Balaban J connectivity index is 2.32. The van der Waals surface area contributed by atoms with E-state index in [1.165, 1.54) is 18.2 Å². The highest BCUT2D eigenvalue weighted by molar-refractivity contribution is 7.92. The Morgan fingerprint density at radius 2 is 1.71 bits per heavy atom. The maximum absolute atomic E-state index is 13.5. The van der Waals surface area contributed by atoms with Gasteiger partial charge in [0.2, 0.25) is 0 Å². The van der Waals surface area contributed by atoms with Crippen molar-refractivity contribution in [1.82, 2.24) is 0 Å². The lowest BCUT2D eigenvalue weighted by Crippen LogP contribution is -2.14. The third-order valence-corrected chi connectivity index (χ3v) is 4.29. The molecule has 112 valence electrons. The molecular formula is C14H14F2N2O2S. The molecular weight excluding hydrogens is 298 g/mol. The molecule has 0 radical (unpaired) electrons. The molecule has 0 aliphatic carbocycles. The molecule has 0 bridgehead atoms. The molecule has 0 aliphatic rings. The average molecular weight is 312 g/mol. The van der Waals surface area contributed by atoms with Crippen LogP contribution in [0.1, 0.15) is 18.5 Å². The van der Waals surface area contributed by atoms with Crippen LogP contribution in [0.3, 0.4) is 0 Å². The molecule has 2 aromatic rings. The minimum absolute atomic E-state index is 0.0597. The van der Waals surface area contributed by atoms with Gasteiger partial charge >= 0.3 is 0 Å². The second-order valence-corrected chi connectivity index (χ2v) is 6.25. The van der Waals surface area contributed by atoms with Crippen LogP contribution in [-0.4, -0.2) is 8.42 Å². The fourth-order valence-corrected chi connectivity index (χ4v) is 2.80. The molecule has 21 heavy (non-hydrogen) atoms. The van der Waals surface area contributed by atoms with Crippen molar-refractivity contribution >= 4 is 15.7 Å². The number of nitrogens with one attached hydrogen (secondary N) is 1. The van der Waals surface area contributed by atoms with Gasteiger partial charge in [0.15, 0.2) is 11.6 Å². The SMILES string of the molecule is CC(N)c1ccc(S(=O)(=O)Nc2cccc(F)c2F)cc1. The van der Waals surface area contributed by atoms with Gasteiger partial charge in [0.05, 0.1) is 10.6 Å². The third kappa shape index (κ3) is 3.37. The van der Waals surface area contributed by atoms with E-state index in [-0.39, 0.29) is 10.9 Å². The van der Waals surface area contributed by atoms with Crippen molar-refractivity contribution in [2.24, 2.45) is 5.73 Å². The number of benzene rings is 2. The van der Waals surface area contributed by atoms with Gasteiger partial charge in [0.25, 0.3) is 10.0 Å². The molecule has 0 fully saturated rings. The molecule has 0 spiro atoms. The normalized spacial score (nSPS) is 13.0. The highest BCUT2D eigenvalue weighted by Crippen LogP contribution is 2.21. The summed E-state index contributed by atoms with van der Waals surface area (Å²) < 4.78 is 52.8. The van der Waals surface area contributed by atoms with Crippen LogP contribution in [0.25, 0.3) is 0 Å². The molecule has 2 aromatic carbocycles. The lowest BCUT2D eigenvalue weighted by molar-refractivity contribution is 0.511. The van der Waals surface area contributed by atoms with Crippen LogP contribution < -0.4 is 10.5 Å². The lowest BCUT2D eigenvalue weighted by Gasteiger charge is -2.10. The summed E-state index contributed by atoms with van der Waals surface area (Å²) in [6.45, 7) is 1.77. The van der Waals surface area contributed by atoms with E-state index in [9.17, 15) is 17.2 Å². The zero-order chi connectivity index (χ0) is 15.6. The monoisotopic (exact) mass is 312 g/mol. The van der Waals surface area contributed by atoms with Gasteiger partial charge in [-0.2, -0.15) is 0 Å². The van der Waals surface area contributed by atoms with Crippen molar-refractivity contribution in [3.63, 3.8) is 0 Å². The Bertz CT molecular complexity index is 744. The van der Waals surface area contributed by atoms with Crippen molar-refractivity contribution in [3.8, 4) is 0 Å². The number of nitrogens with two attached hydrogens (primary N) is 1. The third-order valence-electron chi connectivity index (χ3n) is 2.91. The maximum Gasteiger partial charge on any atom is 0.261 e. The zero-order valence-corrected chi connectivity index (χ0v) is 12.0. The number of hydrogen-bond donors (Lipinski definition) is 2. The summed E-state index contributed by atoms with van der Waals surface area (Å²) in [5, 5.41) is 0. The summed E-state index contributed by atoms with van der Waals surface area (Å²) >= 11 is 0. The Morgan fingerprint density at radius 1 is 1.10 bits per heavy atom. The average Bonchev–Trinajstić information content (AvgIpc) is 2.44. The van der Waals surface area contributed by atoms with E-state index < -0.39 is 27.3 Å². The van der Waals surface area contributed by atoms with Crippen molar-refractivity contribution in [3.05, 3.63) is 59.7 Å². The lowest BCUT2D eigenvalue weighted by atomic mass is 10.1. The Hall–Kier alpha value is -1.99. The van der Waals surface area contributed by atoms with E-state index in [1.54, 1.807) is 19.1 Å². The summed E-state index contributed by atoms with van der Waals surface area (Å²) in [5.74, 6) is -2.37. The molecule has 1 unspecified atom stereocenters. The first kappa shape index (κ1) is 15.4. The summed E-state index contributed by atoms with van der Waals surface area (Å²) in [4.78, 5) is -0.0597. The fourth-order valence-electron chi connectivity index (χ4n) is 1.74. The van der Waals surface area contributed by atoms with Crippen molar-refractivity contribution in [1.29, 1.82) is 0 Å². The van der Waals surface area contributed by atoms with Gasteiger partial charge in [0.1, 0.15) is 0 Å². The number of anilines is 1. The van der Waals surface area contributed by atoms with E-state index in [0.717, 1.165) is 17.7 Å². The molecule has 0 saturated heterocycles. The van der Waals surface area contributed by atoms with E-state index in [1.807, 2.05) is 4.72 Å². The second-order valence-electron chi connectivity index (χ2n) is 4.56. The maximum atomic E-state index is 13.5. The summed E-state index contributed by atoms with van der Waals surface area (Å²) in [6.07, 6.45) is 0. The van der Waals surface area contributed by atoms with Crippen LogP contribution in [0.4, 0.5) is 14.5 Å². The predicted molar refractivity (Wildman–Crippen MR) is 76.2 cm³/mol. The quantitative estimate of drug-likeness (QED) is 0.912. The minimum atomic E-state index is -3.99. The Labute approximate surface area is 121 Å². The summed E-state index contributed by atoms with van der Waals surface area (Å²) in [7, 11) is -3.99. The van der Waals surface area contributed by atoms with Crippen LogP contribution >= 0.6 is 0 Å². The predicted octanol–water partition coefficient (Wildman–Crippen LogP) is 2.79. The summed E-state index contributed by atoms with van der Waals surface area (Å²) in [6, 6.07) is 8.90. The van der Waals surface area contributed by atoms with E-state index in [4.69, 9.17) is 5.73 Å². The highest BCUT2D eigenvalue weighted by atomic mass is 32.2. The molecule has 3 N–H and O–H groups in total. The molecule has 0 saturated carbocycles. The van der Waals surface area contributed by atoms with Gasteiger partial charge in [0, 0.05) is 6.04 Å². The van der Waals surface area contributed by atoms with Crippen LogP contribution in [0.15, 0.2) is 47.4 Å². The Kier molecular flexibility index (Phi) is 4.24.